The first-order valence-electron chi connectivity index (χ1n) is 10.3. The van der Waals surface area contributed by atoms with E-state index in [4.69, 9.17) is 4.42 Å². The molecular formula is C23H28N2O2. The average Bonchev–Trinajstić information content (AvgIpc) is 3.15. The summed E-state index contributed by atoms with van der Waals surface area (Å²) >= 11 is 0. The molecule has 0 radical (unpaired) electrons. The monoisotopic (exact) mass is 364 g/mol. The van der Waals surface area contributed by atoms with Crippen LogP contribution in [0.4, 0.5) is 5.82 Å². The lowest BCUT2D eigenvalue weighted by Crippen LogP contribution is -2.58. The molecule has 0 aliphatic heterocycles. The Morgan fingerprint density at radius 2 is 1.96 bits per heavy atom. The normalized spacial score (nSPS) is 35.2. The molecule has 4 saturated carbocycles. The summed E-state index contributed by atoms with van der Waals surface area (Å²) in [7, 11) is 0. The van der Waals surface area contributed by atoms with E-state index in [-0.39, 0.29) is 17.4 Å². The van der Waals surface area contributed by atoms with Crippen LogP contribution in [0.25, 0.3) is 0 Å². The molecule has 4 heteroatoms. The number of rotatable bonds is 4. The first-order valence-corrected chi connectivity index (χ1v) is 10.3. The Hall–Kier alpha value is -2.10. The van der Waals surface area contributed by atoms with E-state index in [0.29, 0.717) is 17.3 Å². The summed E-state index contributed by atoms with van der Waals surface area (Å²) in [6.07, 6.45) is 10.5. The van der Waals surface area contributed by atoms with Crippen LogP contribution in [0, 0.1) is 22.7 Å². The predicted octanol–water partition coefficient (Wildman–Crippen LogP) is 5.38. The highest BCUT2D eigenvalue weighted by Gasteiger charge is 2.60. The highest BCUT2D eigenvalue weighted by atomic mass is 16.3. The third-order valence-corrected chi connectivity index (χ3v) is 7.26. The van der Waals surface area contributed by atoms with E-state index < -0.39 is 0 Å². The zero-order valence-corrected chi connectivity index (χ0v) is 16.2. The van der Waals surface area contributed by atoms with Gasteiger partial charge in [0.2, 0.25) is 5.91 Å². The largest absolute Gasteiger partial charge is 0.467 e. The summed E-state index contributed by atoms with van der Waals surface area (Å²) in [5.41, 5.74) is 0.112. The van der Waals surface area contributed by atoms with E-state index in [1.54, 1.807) is 12.5 Å². The Kier molecular flexibility index (Phi) is 3.75. The number of hydrogen-bond donors (Lipinski definition) is 0. The lowest BCUT2D eigenvalue weighted by Gasteiger charge is -2.61. The van der Waals surface area contributed by atoms with Crippen LogP contribution in [-0.4, -0.2) is 10.9 Å². The van der Waals surface area contributed by atoms with E-state index >= 15 is 0 Å². The van der Waals surface area contributed by atoms with Crippen LogP contribution in [0.2, 0.25) is 0 Å². The van der Waals surface area contributed by atoms with Crippen molar-refractivity contribution in [2.75, 3.05) is 4.90 Å². The van der Waals surface area contributed by atoms with Crippen molar-refractivity contribution in [1.29, 1.82) is 0 Å². The minimum atomic E-state index is -0.225. The van der Waals surface area contributed by atoms with Crippen LogP contribution in [0.1, 0.15) is 64.2 Å². The van der Waals surface area contributed by atoms with Crippen LogP contribution >= 0.6 is 0 Å². The summed E-state index contributed by atoms with van der Waals surface area (Å²) in [5, 5.41) is 0. The molecule has 6 rings (SSSR count). The number of carbonyl (C=O) groups is 1. The molecule has 4 aliphatic carbocycles. The van der Waals surface area contributed by atoms with Crippen molar-refractivity contribution in [3.63, 3.8) is 0 Å². The summed E-state index contributed by atoms with van der Waals surface area (Å²) in [5.74, 6) is 3.22. The molecule has 2 heterocycles. The molecule has 4 bridgehead atoms. The number of furan rings is 1. The molecule has 0 saturated heterocycles. The van der Waals surface area contributed by atoms with E-state index in [0.717, 1.165) is 30.8 Å². The molecule has 27 heavy (non-hydrogen) atoms. The fraction of sp³-hybridized carbons (Fsp3) is 0.565. The molecule has 0 N–H and O–H groups in total. The molecule has 4 fully saturated rings. The van der Waals surface area contributed by atoms with Gasteiger partial charge in [0.25, 0.3) is 0 Å². The summed E-state index contributed by atoms with van der Waals surface area (Å²) in [6.45, 7) is 4.46. The maximum atomic E-state index is 14.1. The number of hydrogen-bond acceptors (Lipinski definition) is 3. The smallest absolute Gasteiger partial charge is 0.235 e. The van der Waals surface area contributed by atoms with E-state index in [9.17, 15) is 4.79 Å². The summed E-state index contributed by atoms with van der Waals surface area (Å²) in [6, 6.07) is 9.48. The topological polar surface area (TPSA) is 46.3 Å². The number of amides is 1. The van der Waals surface area contributed by atoms with Crippen LogP contribution in [0.5, 0.6) is 0 Å². The lowest BCUT2D eigenvalue weighted by molar-refractivity contribution is -0.153. The molecule has 2 aromatic heterocycles. The van der Waals surface area contributed by atoms with Crippen molar-refractivity contribution in [3.8, 4) is 0 Å². The molecule has 5 atom stereocenters. The Balaban J connectivity index is 1.55. The molecule has 0 aromatic carbocycles. The second kappa shape index (κ2) is 5.95. The summed E-state index contributed by atoms with van der Waals surface area (Å²) < 4.78 is 5.66. The van der Waals surface area contributed by atoms with Crippen molar-refractivity contribution in [3.05, 3.63) is 48.6 Å². The quantitative estimate of drug-likeness (QED) is 0.732. The molecule has 2 aromatic rings. The molecular weight excluding hydrogens is 336 g/mol. The predicted molar refractivity (Wildman–Crippen MR) is 104 cm³/mol. The number of carbonyl (C=O) groups excluding carboxylic acids is 1. The highest BCUT2D eigenvalue weighted by Crippen LogP contribution is 2.65. The van der Waals surface area contributed by atoms with Crippen molar-refractivity contribution in [2.24, 2.45) is 22.7 Å². The van der Waals surface area contributed by atoms with Gasteiger partial charge in [0.1, 0.15) is 11.6 Å². The van der Waals surface area contributed by atoms with Crippen molar-refractivity contribution >= 4 is 11.7 Å². The van der Waals surface area contributed by atoms with Gasteiger partial charge in [-0.1, -0.05) is 13.0 Å². The number of nitrogens with zero attached hydrogens (tertiary/aromatic N) is 2. The molecule has 4 nitrogen and oxygen atoms in total. The fourth-order valence-corrected chi connectivity index (χ4v) is 6.86. The Morgan fingerprint density at radius 1 is 1.19 bits per heavy atom. The lowest BCUT2D eigenvalue weighted by atomic mass is 9.44. The number of pyridine rings is 1. The Labute approximate surface area is 161 Å². The van der Waals surface area contributed by atoms with Gasteiger partial charge in [0, 0.05) is 6.20 Å². The van der Waals surface area contributed by atoms with E-state index in [1.807, 2.05) is 42.2 Å². The number of aromatic nitrogens is 1. The van der Waals surface area contributed by atoms with Gasteiger partial charge in [-0.15, -0.1) is 0 Å². The minimum absolute atomic E-state index is 0.164. The van der Waals surface area contributed by atoms with Crippen LogP contribution in [0.15, 0.2) is 47.2 Å². The van der Waals surface area contributed by atoms with Gasteiger partial charge in [-0.3, -0.25) is 9.69 Å². The van der Waals surface area contributed by atoms with Gasteiger partial charge in [0.05, 0.1) is 17.7 Å². The zero-order chi connectivity index (χ0) is 18.6. The molecule has 4 aliphatic rings. The van der Waals surface area contributed by atoms with Crippen LogP contribution in [0.3, 0.4) is 0 Å². The van der Waals surface area contributed by atoms with Crippen molar-refractivity contribution < 1.29 is 9.21 Å². The van der Waals surface area contributed by atoms with Gasteiger partial charge in [-0.05, 0) is 87.0 Å². The third-order valence-electron chi connectivity index (χ3n) is 7.26. The van der Waals surface area contributed by atoms with Crippen LogP contribution in [-0.2, 0) is 4.79 Å². The maximum Gasteiger partial charge on any atom is 0.235 e. The molecule has 142 valence electrons. The molecule has 0 spiro atoms. The van der Waals surface area contributed by atoms with Gasteiger partial charge >= 0.3 is 0 Å². The summed E-state index contributed by atoms with van der Waals surface area (Å²) in [4.78, 5) is 20.6. The number of anilines is 1. The van der Waals surface area contributed by atoms with E-state index in [1.165, 1.54) is 19.3 Å². The van der Waals surface area contributed by atoms with Crippen molar-refractivity contribution in [1.82, 2.24) is 4.98 Å². The van der Waals surface area contributed by atoms with Gasteiger partial charge in [-0.25, -0.2) is 4.98 Å². The van der Waals surface area contributed by atoms with Crippen molar-refractivity contribution in [2.45, 2.75) is 58.4 Å². The second-order valence-electron chi connectivity index (χ2n) is 9.61. The van der Waals surface area contributed by atoms with E-state index in [2.05, 4.69) is 11.9 Å². The fourth-order valence-electron chi connectivity index (χ4n) is 6.86. The minimum Gasteiger partial charge on any atom is -0.467 e. The van der Waals surface area contributed by atoms with Crippen LogP contribution < -0.4 is 4.90 Å². The van der Waals surface area contributed by atoms with Gasteiger partial charge in [0.15, 0.2) is 0 Å². The zero-order valence-electron chi connectivity index (χ0n) is 16.2. The third kappa shape index (κ3) is 2.72. The molecule has 1 amide bonds. The average molecular weight is 364 g/mol. The molecule has 2 unspecified atom stereocenters. The maximum absolute atomic E-state index is 14.1. The van der Waals surface area contributed by atoms with Gasteiger partial charge in [-0.2, -0.15) is 0 Å². The standard InChI is InChI=1S/C23H28N2O2/c1-16(19-6-5-9-27-19)25(20-7-3-4-8-24-20)21(26)23-13-17-10-18(14-23)12-22(2,11-17)15-23/h3-9,16-18H,10-15H2,1-2H3/t16-,17-,18+,22?,23?/m0/s1. The first kappa shape index (κ1) is 17.0. The first-order chi connectivity index (χ1) is 13.0. The SMILES string of the molecule is C[C@@H](c1ccco1)N(C(=O)C12C[C@@H]3C[C@@H](CC(C)(C3)C1)C2)c1ccccn1. The van der Waals surface area contributed by atoms with Gasteiger partial charge < -0.3 is 4.42 Å². The Bertz CT molecular complexity index is 815. The highest BCUT2D eigenvalue weighted by molar-refractivity contribution is 5.97. The second-order valence-corrected chi connectivity index (χ2v) is 9.61. The Morgan fingerprint density at radius 3 is 2.56 bits per heavy atom.